The molecule has 1 fully saturated rings. The molecule has 0 aromatic carbocycles. The summed E-state index contributed by atoms with van der Waals surface area (Å²) in [6.07, 6.45) is 3.55. The van der Waals surface area contributed by atoms with Crippen molar-refractivity contribution in [1.29, 1.82) is 0 Å². The fraction of sp³-hybridized carbons (Fsp3) is 0.556. The van der Waals surface area contributed by atoms with Gasteiger partial charge >= 0.3 is 5.69 Å². The second-order valence-electron chi connectivity index (χ2n) is 6.69. The zero-order valence-corrected chi connectivity index (χ0v) is 16.4. The molecule has 3 rings (SSSR count). The number of pyridine rings is 1. The van der Waals surface area contributed by atoms with Crippen LogP contribution in [-0.2, 0) is 6.54 Å². The topological polar surface area (TPSA) is 109 Å². The third-order valence-electron chi connectivity index (χ3n) is 4.55. The van der Waals surface area contributed by atoms with Gasteiger partial charge in [-0.25, -0.2) is 9.78 Å². The Hall–Kier alpha value is -2.19. The molecule has 0 spiro atoms. The maximum absolute atomic E-state index is 12.7. The van der Waals surface area contributed by atoms with Crippen molar-refractivity contribution in [3.63, 3.8) is 0 Å². The summed E-state index contributed by atoms with van der Waals surface area (Å²) in [5, 5.41) is 6.07. The van der Waals surface area contributed by atoms with Crippen molar-refractivity contribution in [2.24, 2.45) is 0 Å². The van der Waals surface area contributed by atoms with Crippen LogP contribution in [0.15, 0.2) is 15.7 Å². The van der Waals surface area contributed by atoms with Crippen LogP contribution in [0.5, 0.6) is 0 Å². The van der Waals surface area contributed by atoms with Crippen LogP contribution in [0.25, 0.3) is 11.0 Å². The summed E-state index contributed by atoms with van der Waals surface area (Å²) in [6.45, 7) is 3.69. The fourth-order valence-electron chi connectivity index (χ4n) is 3.05. The number of carbonyl (C=O) groups excluding carboxylic acids is 1. The Morgan fingerprint density at radius 1 is 1.33 bits per heavy atom. The highest BCUT2D eigenvalue weighted by Crippen LogP contribution is 2.39. The van der Waals surface area contributed by atoms with Crippen LogP contribution in [-0.4, -0.2) is 40.6 Å². The van der Waals surface area contributed by atoms with E-state index in [0.29, 0.717) is 30.2 Å². The van der Waals surface area contributed by atoms with Gasteiger partial charge in [0.1, 0.15) is 0 Å². The van der Waals surface area contributed by atoms with Gasteiger partial charge in [0.15, 0.2) is 5.65 Å². The number of rotatable bonds is 8. The monoisotopic (exact) mass is 395 g/mol. The molecule has 1 aliphatic carbocycles. The molecule has 2 aromatic heterocycles. The summed E-state index contributed by atoms with van der Waals surface area (Å²) in [5.74, 6) is 0.00214. The Kier molecular flexibility index (Phi) is 7.15. The van der Waals surface area contributed by atoms with Crippen LogP contribution in [0.3, 0.4) is 0 Å². The SMILES string of the molecule is CCCn1c(=O)[nH]c(=O)c2c(C(=O)NCCCNC)cc(C3CC3)nc21.Cl. The predicted octanol–water partition coefficient (Wildman–Crippen LogP) is 1.13. The number of H-pyrrole nitrogens is 1. The molecule has 9 heteroatoms. The normalized spacial score (nSPS) is 13.4. The first kappa shape index (κ1) is 21.1. The molecule has 2 aromatic rings. The van der Waals surface area contributed by atoms with Gasteiger partial charge in [-0.15, -0.1) is 12.4 Å². The molecule has 1 aliphatic rings. The first-order chi connectivity index (χ1) is 12.6. The summed E-state index contributed by atoms with van der Waals surface area (Å²) in [7, 11) is 1.85. The minimum absolute atomic E-state index is 0. The molecule has 8 nitrogen and oxygen atoms in total. The first-order valence-electron chi connectivity index (χ1n) is 9.17. The number of aryl methyl sites for hydroxylation is 1. The number of hydrogen-bond acceptors (Lipinski definition) is 5. The Morgan fingerprint density at radius 3 is 2.70 bits per heavy atom. The molecule has 2 heterocycles. The van der Waals surface area contributed by atoms with E-state index in [1.165, 1.54) is 4.57 Å². The summed E-state index contributed by atoms with van der Waals surface area (Å²) in [4.78, 5) is 44.3. The minimum Gasteiger partial charge on any atom is -0.352 e. The maximum Gasteiger partial charge on any atom is 0.329 e. The van der Waals surface area contributed by atoms with E-state index < -0.39 is 11.2 Å². The Balaban J connectivity index is 0.00000261. The highest BCUT2D eigenvalue weighted by Gasteiger charge is 2.28. The van der Waals surface area contributed by atoms with Gasteiger partial charge in [0.2, 0.25) is 0 Å². The van der Waals surface area contributed by atoms with Crippen molar-refractivity contribution in [3.05, 3.63) is 38.2 Å². The second kappa shape index (κ2) is 9.14. The van der Waals surface area contributed by atoms with Gasteiger partial charge in [-0.05, 0) is 45.3 Å². The van der Waals surface area contributed by atoms with Crippen LogP contribution in [0.1, 0.15) is 54.6 Å². The van der Waals surface area contributed by atoms with Crippen LogP contribution < -0.4 is 21.9 Å². The molecule has 1 saturated carbocycles. The van der Waals surface area contributed by atoms with Crippen LogP contribution >= 0.6 is 12.4 Å². The molecule has 0 atom stereocenters. The van der Waals surface area contributed by atoms with Gasteiger partial charge in [0.05, 0.1) is 10.9 Å². The average molecular weight is 396 g/mol. The van der Waals surface area contributed by atoms with Crippen molar-refractivity contribution in [1.82, 2.24) is 25.2 Å². The van der Waals surface area contributed by atoms with Gasteiger partial charge in [0.25, 0.3) is 11.5 Å². The molecule has 1 amide bonds. The number of halogens is 1. The van der Waals surface area contributed by atoms with Crippen LogP contribution in [0.4, 0.5) is 0 Å². The van der Waals surface area contributed by atoms with E-state index in [-0.39, 0.29) is 23.7 Å². The third kappa shape index (κ3) is 4.56. The average Bonchev–Trinajstić information content (AvgIpc) is 3.46. The van der Waals surface area contributed by atoms with Crippen molar-refractivity contribution >= 4 is 29.3 Å². The van der Waals surface area contributed by atoms with E-state index in [0.717, 1.165) is 37.9 Å². The molecule has 0 bridgehead atoms. The highest BCUT2D eigenvalue weighted by molar-refractivity contribution is 6.05. The number of nitrogens with one attached hydrogen (secondary N) is 3. The van der Waals surface area contributed by atoms with Crippen molar-refractivity contribution in [2.75, 3.05) is 20.1 Å². The van der Waals surface area contributed by atoms with Gasteiger partial charge < -0.3 is 10.6 Å². The van der Waals surface area contributed by atoms with E-state index in [1.54, 1.807) is 6.07 Å². The number of carbonyl (C=O) groups is 1. The highest BCUT2D eigenvalue weighted by atomic mass is 35.5. The Morgan fingerprint density at radius 2 is 2.07 bits per heavy atom. The minimum atomic E-state index is -0.562. The maximum atomic E-state index is 12.7. The lowest BCUT2D eigenvalue weighted by Gasteiger charge is -2.13. The molecule has 148 valence electrons. The van der Waals surface area contributed by atoms with E-state index in [4.69, 9.17) is 0 Å². The van der Waals surface area contributed by atoms with Crippen molar-refractivity contribution in [3.8, 4) is 0 Å². The van der Waals surface area contributed by atoms with E-state index in [2.05, 4.69) is 20.6 Å². The summed E-state index contributed by atoms with van der Waals surface area (Å²) in [5.41, 5.74) is 0.350. The zero-order valence-electron chi connectivity index (χ0n) is 15.6. The molecule has 0 saturated heterocycles. The summed E-state index contributed by atoms with van der Waals surface area (Å²) < 4.78 is 1.46. The number of aromatic amines is 1. The van der Waals surface area contributed by atoms with Gasteiger partial charge in [-0.3, -0.25) is 19.1 Å². The molecule has 0 radical (unpaired) electrons. The van der Waals surface area contributed by atoms with E-state index in [9.17, 15) is 14.4 Å². The number of nitrogens with zero attached hydrogens (tertiary/aromatic N) is 2. The molecule has 27 heavy (non-hydrogen) atoms. The van der Waals surface area contributed by atoms with Gasteiger partial charge in [-0.1, -0.05) is 6.92 Å². The van der Waals surface area contributed by atoms with Crippen molar-refractivity contribution < 1.29 is 4.79 Å². The first-order valence-corrected chi connectivity index (χ1v) is 9.17. The number of fused-ring (bicyclic) bond motifs is 1. The zero-order chi connectivity index (χ0) is 18.7. The molecule has 0 unspecified atom stereocenters. The number of amides is 1. The fourth-order valence-corrected chi connectivity index (χ4v) is 3.05. The van der Waals surface area contributed by atoms with E-state index >= 15 is 0 Å². The largest absolute Gasteiger partial charge is 0.352 e. The standard InChI is InChI=1S/C18H25N5O3.ClH/c1-3-9-23-15-14(17(25)22-18(23)26)12(10-13(21-15)11-5-6-11)16(24)20-8-4-7-19-2;/h10-11,19H,3-9H2,1-2H3,(H,20,24)(H,22,25,26);1H. The molecule has 0 aliphatic heterocycles. The van der Waals surface area contributed by atoms with Crippen LogP contribution in [0, 0.1) is 0 Å². The lowest BCUT2D eigenvalue weighted by molar-refractivity contribution is 0.0954. The number of aromatic nitrogens is 3. The number of hydrogen-bond donors (Lipinski definition) is 3. The Labute approximate surface area is 163 Å². The third-order valence-corrected chi connectivity index (χ3v) is 4.55. The van der Waals surface area contributed by atoms with Gasteiger partial charge in [0, 0.05) is 24.7 Å². The van der Waals surface area contributed by atoms with Gasteiger partial charge in [-0.2, -0.15) is 0 Å². The molecular weight excluding hydrogens is 370 g/mol. The molecule has 3 N–H and O–H groups in total. The van der Waals surface area contributed by atoms with E-state index in [1.807, 2.05) is 14.0 Å². The second-order valence-corrected chi connectivity index (χ2v) is 6.69. The van der Waals surface area contributed by atoms with Crippen LogP contribution in [0.2, 0.25) is 0 Å². The Bertz CT molecular complexity index is 933. The lowest BCUT2D eigenvalue weighted by Crippen LogP contribution is -2.34. The molecular formula is C18H26ClN5O3. The summed E-state index contributed by atoms with van der Waals surface area (Å²) in [6, 6.07) is 1.71. The van der Waals surface area contributed by atoms with Crippen molar-refractivity contribution in [2.45, 2.75) is 45.1 Å². The smallest absolute Gasteiger partial charge is 0.329 e. The summed E-state index contributed by atoms with van der Waals surface area (Å²) >= 11 is 0. The quantitative estimate of drug-likeness (QED) is 0.580. The predicted molar refractivity (Wildman–Crippen MR) is 107 cm³/mol. The lowest BCUT2D eigenvalue weighted by atomic mass is 10.1.